The Morgan fingerprint density at radius 2 is 1.33 bits per heavy atom. The van der Waals surface area contributed by atoms with Crippen molar-refractivity contribution in [1.29, 1.82) is 0 Å². The summed E-state index contributed by atoms with van der Waals surface area (Å²) in [6.07, 6.45) is 0. The van der Waals surface area contributed by atoms with Crippen LogP contribution < -0.4 is 0 Å². The van der Waals surface area contributed by atoms with Crippen molar-refractivity contribution in [2.75, 3.05) is 0 Å². The smallest absolute Gasteiger partial charge is 0.107 e. The topological polar surface area (TPSA) is 40.5 Å². The lowest BCUT2D eigenvalue weighted by Gasteiger charge is -2.02. The molecule has 0 amide bonds. The predicted molar refractivity (Wildman–Crippen MR) is 46.1 cm³/mol. The standard InChI is InChI=1S/C4H10O2S3/c1-3(5)7-9-8-4(2)6/h3-6H,1-2H3. The molecule has 0 radical (unpaired) electrons. The highest BCUT2D eigenvalue weighted by atomic mass is 33.5. The summed E-state index contributed by atoms with van der Waals surface area (Å²) in [5.74, 6) is 0. The van der Waals surface area contributed by atoms with Crippen LogP contribution in [0, 0.1) is 0 Å². The van der Waals surface area contributed by atoms with Gasteiger partial charge in [0, 0.05) is 0 Å². The van der Waals surface area contributed by atoms with Crippen molar-refractivity contribution in [2.24, 2.45) is 0 Å². The van der Waals surface area contributed by atoms with Crippen LogP contribution in [0.4, 0.5) is 0 Å². The van der Waals surface area contributed by atoms with Crippen LogP contribution in [0.2, 0.25) is 0 Å². The summed E-state index contributed by atoms with van der Waals surface area (Å²) < 4.78 is 0. The molecule has 0 heterocycles. The van der Waals surface area contributed by atoms with E-state index in [2.05, 4.69) is 0 Å². The Morgan fingerprint density at radius 3 is 1.56 bits per heavy atom. The van der Waals surface area contributed by atoms with Gasteiger partial charge in [0.05, 0.1) is 0 Å². The maximum atomic E-state index is 8.71. The molecular formula is C4H10O2S3. The van der Waals surface area contributed by atoms with E-state index in [4.69, 9.17) is 10.2 Å². The quantitative estimate of drug-likeness (QED) is 0.516. The lowest BCUT2D eigenvalue weighted by molar-refractivity contribution is 0.285. The van der Waals surface area contributed by atoms with E-state index < -0.39 is 0 Å². The summed E-state index contributed by atoms with van der Waals surface area (Å²) in [5.41, 5.74) is -0.720. The van der Waals surface area contributed by atoms with E-state index in [9.17, 15) is 0 Å². The molecule has 5 heteroatoms. The average molecular weight is 186 g/mol. The van der Waals surface area contributed by atoms with Crippen LogP contribution in [-0.4, -0.2) is 21.1 Å². The molecule has 0 aliphatic heterocycles. The molecule has 0 aliphatic carbocycles. The first-order chi connectivity index (χ1) is 4.13. The van der Waals surface area contributed by atoms with Gasteiger partial charge in [-0.15, -0.1) is 0 Å². The van der Waals surface area contributed by atoms with E-state index >= 15 is 0 Å². The first-order valence-corrected chi connectivity index (χ1v) is 6.09. The van der Waals surface area contributed by atoms with Gasteiger partial charge in [-0.1, -0.05) is 21.6 Å². The highest BCUT2D eigenvalue weighted by molar-refractivity contribution is 9.09. The van der Waals surface area contributed by atoms with E-state index in [1.165, 1.54) is 31.4 Å². The van der Waals surface area contributed by atoms with Gasteiger partial charge < -0.3 is 10.2 Å². The van der Waals surface area contributed by atoms with E-state index in [1.807, 2.05) is 0 Å². The first-order valence-electron chi connectivity index (χ1n) is 2.48. The SMILES string of the molecule is CC(O)SSSC(C)O. The van der Waals surface area contributed by atoms with Crippen molar-refractivity contribution in [3.8, 4) is 0 Å². The number of aliphatic hydroxyl groups excluding tert-OH is 2. The van der Waals surface area contributed by atoms with E-state index in [-0.39, 0.29) is 10.9 Å². The van der Waals surface area contributed by atoms with Gasteiger partial charge in [0.25, 0.3) is 0 Å². The zero-order valence-corrected chi connectivity index (χ0v) is 7.72. The molecule has 0 aromatic carbocycles. The summed E-state index contributed by atoms with van der Waals surface area (Å²) in [6.45, 7) is 3.39. The molecule has 2 nitrogen and oxygen atoms in total. The maximum absolute atomic E-state index is 8.71. The number of rotatable bonds is 4. The minimum atomic E-state index is -0.360. The Labute approximate surface area is 66.6 Å². The van der Waals surface area contributed by atoms with Crippen molar-refractivity contribution in [3.63, 3.8) is 0 Å². The molecule has 0 aromatic heterocycles. The van der Waals surface area contributed by atoms with E-state index in [0.717, 1.165) is 0 Å². The number of aliphatic hydroxyl groups is 2. The molecule has 0 rings (SSSR count). The Hall–Kier alpha value is 0.970. The third-order valence-electron chi connectivity index (χ3n) is 0.357. The van der Waals surface area contributed by atoms with Crippen molar-refractivity contribution < 1.29 is 10.2 Å². The zero-order chi connectivity index (χ0) is 7.28. The van der Waals surface area contributed by atoms with Crippen molar-refractivity contribution >= 4 is 31.4 Å². The van der Waals surface area contributed by atoms with Crippen LogP contribution in [0.5, 0.6) is 0 Å². The van der Waals surface area contributed by atoms with Gasteiger partial charge in [0.2, 0.25) is 0 Å². The molecule has 0 fully saturated rings. The average Bonchev–Trinajstić information content (AvgIpc) is 1.63. The second-order valence-electron chi connectivity index (χ2n) is 1.46. The fourth-order valence-electron chi connectivity index (χ4n) is 0.136. The van der Waals surface area contributed by atoms with Crippen molar-refractivity contribution in [1.82, 2.24) is 0 Å². The van der Waals surface area contributed by atoms with Gasteiger partial charge >= 0.3 is 0 Å². The van der Waals surface area contributed by atoms with Crippen LogP contribution >= 0.6 is 31.4 Å². The maximum Gasteiger partial charge on any atom is 0.107 e. The largest absolute Gasteiger partial charge is 0.382 e. The Bertz CT molecular complexity index is 58.8. The van der Waals surface area contributed by atoms with Gasteiger partial charge in [-0.25, -0.2) is 0 Å². The van der Waals surface area contributed by atoms with Crippen LogP contribution in [-0.2, 0) is 0 Å². The Kier molecular flexibility index (Phi) is 6.35. The Morgan fingerprint density at radius 1 is 1.00 bits per heavy atom. The van der Waals surface area contributed by atoms with Gasteiger partial charge in [0.1, 0.15) is 10.9 Å². The molecular weight excluding hydrogens is 176 g/mol. The lowest BCUT2D eigenvalue weighted by Crippen LogP contribution is -1.89. The van der Waals surface area contributed by atoms with Gasteiger partial charge in [0.15, 0.2) is 0 Å². The molecule has 2 N–H and O–H groups in total. The normalized spacial score (nSPS) is 17.3. The van der Waals surface area contributed by atoms with Gasteiger partial charge in [-0.05, 0) is 23.7 Å². The molecule has 56 valence electrons. The summed E-state index contributed by atoms with van der Waals surface area (Å²) in [4.78, 5) is 0. The van der Waals surface area contributed by atoms with Gasteiger partial charge in [-0.3, -0.25) is 0 Å². The highest BCUT2D eigenvalue weighted by Gasteiger charge is 1.99. The number of hydrogen-bond acceptors (Lipinski definition) is 5. The minimum Gasteiger partial charge on any atom is -0.382 e. The summed E-state index contributed by atoms with van der Waals surface area (Å²) in [7, 11) is 4.07. The van der Waals surface area contributed by atoms with E-state index in [1.54, 1.807) is 13.8 Å². The molecule has 0 bridgehead atoms. The second kappa shape index (κ2) is 5.73. The number of hydrogen-bond donors (Lipinski definition) is 2. The van der Waals surface area contributed by atoms with Crippen LogP contribution in [0.25, 0.3) is 0 Å². The molecule has 2 atom stereocenters. The van der Waals surface area contributed by atoms with E-state index in [0.29, 0.717) is 0 Å². The molecule has 0 aliphatic rings. The van der Waals surface area contributed by atoms with Crippen molar-refractivity contribution in [3.05, 3.63) is 0 Å². The summed E-state index contributed by atoms with van der Waals surface area (Å²) in [6, 6.07) is 0. The molecule has 0 saturated heterocycles. The predicted octanol–water partition coefficient (Wildman–Crippen LogP) is 1.69. The second-order valence-corrected chi connectivity index (χ2v) is 6.13. The summed E-state index contributed by atoms with van der Waals surface area (Å²) in [5, 5.41) is 17.4. The third-order valence-corrected chi connectivity index (χ3v) is 4.63. The molecule has 2 unspecified atom stereocenters. The zero-order valence-electron chi connectivity index (χ0n) is 5.27. The molecule has 0 saturated carbocycles. The van der Waals surface area contributed by atoms with Crippen LogP contribution in [0.1, 0.15) is 13.8 Å². The lowest BCUT2D eigenvalue weighted by atomic mass is 10.9. The fraction of sp³-hybridized carbons (Fsp3) is 1.00. The molecule has 9 heavy (non-hydrogen) atoms. The molecule has 0 spiro atoms. The Balaban J connectivity index is 2.91. The van der Waals surface area contributed by atoms with Gasteiger partial charge in [-0.2, -0.15) is 0 Å². The molecule has 0 aromatic rings. The highest BCUT2D eigenvalue weighted by Crippen LogP contribution is 2.38. The minimum absolute atomic E-state index is 0.360. The third kappa shape index (κ3) is 8.97. The summed E-state index contributed by atoms with van der Waals surface area (Å²) >= 11 is 0. The van der Waals surface area contributed by atoms with Crippen molar-refractivity contribution in [2.45, 2.75) is 24.7 Å². The van der Waals surface area contributed by atoms with Crippen LogP contribution in [0.15, 0.2) is 0 Å². The van der Waals surface area contributed by atoms with Crippen LogP contribution in [0.3, 0.4) is 0 Å². The monoisotopic (exact) mass is 186 g/mol. The fourth-order valence-corrected chi connectivity index (χ4v) is 3.68. The first kappa shape index (κ1) is 9.97.